The van der Waals surface area contributed by atoms with E-state index in [-0.39, 0.29) is 24.6 Å². The fraction of sp³-hybridized carbons (Fsp3) is 0.486. The normalized spacial score (nSPS) is 19.3. The molecule has 3 heterocycles. The number of carbonyl (C=O) groups is 1. The molecule has 1 saturated heterocycles. The molecule has 2 fully saturated rings. The highest BCUT2D eigenvalue weighted by atomic mass is 16.5. The van der Waals surface area contributed by atoms with Crippen molar-refractivity contribution in [3.63, 3.8) is 0 Å². The zero-order chi connectivity index (χ0) is 30.8. The lowest BCUT2D eigenvalue weighted by molar-refractivity contribution is -0.128. The van der Waals surface area contributed by atoms with Crippen molar-refractivity contribution in [2.75, 3.05) is 56.1 Å². The van der Waals surface area contributed by atoms with Gasteiger partial charge in [0.25, 0.3) is 0 Å². The van der Waals surface area contributed by atoms with Crippen molar-refractivity contribution in [3.8, 4) is 6.01 Å². The molecule has 44 heavy (non-hydrogen) atoms. The van der Waals surface area contributed by atoms with E-state index in [2.05, 4.69) is 83.4 Å². The SMILES string of the molecule is [C-]#[N+]C[C@H]1CN(c2nc(O[C@H](C)CN(C)C3CCC3)nc3c2CCN(c2cccc4cccc(C)c24)C3)CCN1C(=O)C=C. The van der Waals surface area contributed by atoms with Crippen LogP contribution in [0.3, 0.4) is 0 Å². The summed E-state index contributed by atoms with van der Waals surface area (Å²) in [6.45, 7) is 19.7. The van der Waals surface area contributed by atoms with Gasteiger partial charge in [0.15, 0.2) is 0 Å². The van der Waals surface area contributed by atoms with Crippen LogP contribution in [0.15, 0.2) is 49.1 Å². The lowest BCUT2D eigenvalue weighted by Gasteiger charge is -2.41. The number of nitrogens with zero attached hydrogens (tertiary/aromatic N) is 7. The lowest BCUT2D eigenvalue weighted by Crippen LogP contribution is -2.56. The van der Waals surface area contributed by atoms with Crippen LogP contribution in [0.5, 0.6) is 6.01 Å². The molecule has 230 valence electrons. The maximum absolute atomic E-state index is 12.6. The Balaban J connectivity index is 1.33. The number of ether oxygens (including phenoxy) is 1. The number of aromatic nitrogens is 2. The van der Waals surface area contributed by atoms with Gasteiger partial charge in [-0.3, -0.25) is 9.69 Å². The van der Waals surface area contributed by atoms with Crippen LogP contribution >= 0.6 is 0 Å². The minimum absolute atomic E-state index is 0.0659. The second kappa shape index (κ2) is 12.8. The molecule has 1 saturated carbocycles. The van der Waals surface area contributed by atoms with Crippen LogP contribution in [0.2, 0.25) is 0 Å². The van der Waals surface area contributed by atoms with Crippen molar-refractivity contribution in [2.45, 2.75) is 64.3 Å². The number of fused-ring (bicyclic) bond motifs is 2. The van der Waals surface area contributed by atoms with Gasteiger partial charge in [-0.1, -0.05) is 43.3 Å². The number of rotatable bonds is 9. The highest BCUT2D eigenvalue weighted by molar-refractivity contribution is 5.97. The summed E-state index contributed by atoms with van der Waals surface area (Å²) in [7, 11) is 2.17. The molecule has 0 bridgehead atoms. The van der Waals surface area contributed by atoms with E-state index in [1.807, 2.05) is 0 Å². The Hall–Kier alpha value is -4.16. The molecule has 6 rings (SSSR count). The summed E-state index contributed by atoms with van der Waals surface area (Å²) in [5, 5.41) is 2.52. The summed E-state index contributed by atoms with van der Waals surface area (Å²) in [4.78, 5) is 35.1. The van der Waals surface area contributed by atoms with Crippen molar-refractivity contribution in [1.82, 2.24) is 19.8 Å². The van der Waals surface area contributed by atoms with Gasteiger partial charge in [-0.05, 0) is 63.2 Å². The van der Waals surface area contributed by atoms with Crippen molar-refractivity contribution < 1.29 is 9.53 Å². The number of hydrogen-bond donors (Lipinski definition) is 0. The van der Waals surface area contributed by atoms with E-state index in [0.29, 0.717) is 38.2 Å². The van der Waals surface area contributed by atoms with Gasteiger partial charge in [-0.15, -0.1) is 0 Å². The van der Waals surface area contributed by atoms with Gasteiger partial charge in [-0.25, -0.2) is 6.57 Å². The molecular weight excluding hydrogens is 550 g/mol. The molecule has 1 aromatic heterocycles. The topological polar surface area (TPSA) is 69.4 Å². The van der Waals surface area contributed by atoms with Crippen LogP contribution in [0.25, 0.3) is 15.6 Å². The number of aryl methyl sites for hydroxylation is 1. The molecule has 2 aliphatic heterocycles. The highest BCUT2D eigenvalue weighted by Crippen LogP contribution is 2.36. The predicted molar refractivity (Wildman–Crippen MR) is 175 cm³/mol. The third-order valence-corrected chi connectivity index (χ3v) is 9.55. The molecule has 2 atom stereocenters. The minimum atomic E-state index is -0.226. The van der Waals surface area contributed by atoms with E-state index in [9.17, 15) is 4.79 Å². The molecule has 0 unspecified atom stereocenters. The number of amides is 1. The molecule has 0 N–H and O–H groups in total. The molecule has 1 aliphatic carbocycles. The zero-order valence-corrected chi connectivity index (χ0v) is 26.2. The number of likely N-dealkylation sites (N-methyl/N-ethyl adjacent to an activating group) is 1. The average molecular weight is 594 g/mol. The van der Waals surface area contributed by atoms with Gasteiger partial charge in [0.05, 0.1) is 12.2 Å². The van der Waals surface area contributed by atoms with Gasteiger partial charge >= 0.3 is 6.01 Å². The Morgan fingerprint density at radius 2 is 1.98 bits per heavy atom. The maximum Gasteiger partial charge on any atom is 0.318 e. The van der Waals surface area contributed by atoms with E-state index in [1.165, 1.54) is 47.4 Å². The number of anilines is 2. The van der Waals surface area contributed by atoms with E-state index >= 15 is 0 Å². The van der Waals surface area contributed by atoms with Gasteiger partial charge in [0, 0.05) is 55.4 Å². The zero-order valence-electron chi connectivity index (χ0n) is 26.2. The van der Waals surface area contributed by atoms with Crippen molar-refractivity contribution in [3.05, 3.63) is 77.3 Å². The summed E-state index contributed by atoms with van der Waals surface area (Å²) in [6.07, 6.45) is 5.87. The summed E-state index contributed by atoms with van der Waals surface area (Å²) in [6, 6.07) is 13.8. The van der Waals surface area contributed by atoms with Gasteiger partial charge < -0.3 is 24.3 Å². The standard InChI is InChI=1S/C35H43N7O2/c1-6-32(43)42-19-18-41(22-28(42)20-36-4)34-29-16-17-40(31-15-8-12-26-11-7-10-24(2)33(26)31)23-30(29)37-35(38-34)44-25(3)21-39(5)27-13-9-14-27/h6-8,10-12,15,25,27-28H,1,9,13-14,16-23H2,2-3,5H3/t25-,28+/m1/s1. The second-order valence-electron chi connectivity index (χ2n) is 12.5. The molecule has 0 radical (unpaired) electrons. The van der Waals surface area contributed by atoms with Crippen molar-refractivity contribution >= 4 is 28.2 Å². The monoisotopic (exact) mass is 593 g/mol. The fourth-order valence-electron chi connectivity index (χ4n) is 6.99. The molecule has 0 spiro atoms. The number of piperazine rings is 1. The third kappa shape index (κ3) is 5.96. The van der Waals surface area contributed by atoms with E-state index in [0.717, 1.165) is 36.6 Å². The highest BCUT2D eigenvalue weighted by Gasteiger charge is 2.35. The van der Waals surface area contributed by atoms with Crippen molar-refractivity contribution in [1.29, 1.82) is 0 Å². The fourth-order valence-corrected chi connectivity index (χ4v) is 6.99. The Morgan fingerprint density at radius 3 is 2.70 bits per heavy atom. The Labute approximate surface area is 260 Å². The maximum atomic E-state index is 12.6. The Morgan fingerprint density at radius 1 is 1.18 bits per heavy atom. The number of benzene rings is 2. The molecule has 3 aliphatic rings. The van der Waals surface area contributed by atoms with Gasteiger partial charge in [-0.2, -0.15) is 9.97 Å². The lowest BCUT2D eigenvalue weighted by atomic mass is 9.92. The Kier molecular flexibility index (Phi) is 8.72. The summed E-state index contributed by atoms with van der Waals surface area (Å²) in [5.41, 5.74) is 4.60. The smallest absolute Gasteiger partial charge is 0.318 e. The predicted octanol–water partition coefficient (Wildman–Crippen LogP) is 4.88. The number of hydrogen-bond acceptors (Lipinski definition) is 7. The molecule has 9 heteroatoms. The first-order valence-electron chi connectivity index (χ1n) is 15.9. The van der Waals surface area contributed by atoms with Crippen LogP contribution in [0.4, 0.5) is 11.5 Å². The molecule has 1 amide bonds. The first kappa shape index (κ1) is 29.9. The molecule has 9 nitrogen and oxygen atoms in total. The van der Waals surface area contributed by atoms with E-state index < -0.39 is 0 Å². The van der Waals surface area contributed by atoms with E-state index in [1.54, 1.807) is 4.90 Å². The quantitative estimate of drug-likeness (QED) is 0.259. The van der Waals surface area contributed by atoms with Crippen LogP contribution in [-0.4, -0.2) is 90.2 Å². The first-order chi connectivity index (χ1) is 21.4. The Bertz CT molecular complexity index is 1570. The van der Waals surface area contributed by atoms with Crippen LogP contribution in [0.1, 0.15) is 43.0 Å². The largest absolute Gasteiger partial charge is 0.459 e. The molecular formula is C35H43N7O2. The summed E-state index contributed by atoms with van der Waals surface area (Å²) >= 11 is 0. The molecule has 2 aromatic carbocycles. The molecule has 3 aromatic rings. The first-order valence-corrected chi connectivity index (χ1v) is 15.9. The van der Waals surface area contributed by atoms with E-state index in [4.69, 9.17) is 21.3 Å². The third-order valence-electron chi connectivity index (χ3n) is 9.55. The average Bonchev–Trinajstić information content (AvgIpc) is 2.99. The summed E-state index contributed by atoms with van der Waals surface area (Å²) in [5.74, 6) is 0.747. The minimum Gasteiger partial charge on any atom is -0.459 e. The van der Waals surface area contributed by atoms with Gasteiger partial charge in [0.1, 0.15) is 18.0 Å². The second-order valence-corrected chi connectivity index (χ2v) is 12.5. The van der Waals surface area contributed by atoms with Crippen LogP contribution in [-0.2, 0) is 17.8 Å². The van der Waals surface area contributed by atoms with Crippen molar-refractivity contribution in [2.24, 2.45) is 0 Å². The van der Waals surface area contributed by atoms with Crippen LogP contribution < -0.4 is 14.5 Å². The summed E-state index contributed by atoms with van der Waals surface area (Å²) < 4.78 is 6.45. The van der Waals surface area contributed by atoms with Crippen LogP contribution in [0, 0.1) is 13.5 Å². The van der Waals surface area contributed by atoms with Gasteiger partial charge in [0.2, 0.25) is 12.5 Å². The number of carbonyl (C=O) groups excluding carboxylic acids is 1.